The molecule has 0 aliphatic rings. The fraction of sp³-hybridized carbons (Fsp3) is 0.875. The number of hydrogen-bond donors (Lipinski definition) is 1. The van der Waals surface area contributed by atoms with Gasteiger partial charge in [0.05, 0.1) is 12.7 Å². The van der Waals surface area contributed by atoms with Crippen molar-refractivity contribution in [1.82, 2.24) is 0 Å². The van der Waals surface area contributed by atoms with E-state index in [2.05, 4.69) is 9.47 Å². The Hall–Kier alpha value is -1.21. The quantitative estimate of drug-likeness (QED) is 0.372. The van der Waals surface area contributed by atoms with Crippen molar-refractivity contribution in [2.75, 3.05) is 13.7 Å². The average molecular weight is 221 g/mol. The van der Waals surface area contributed by atoms with Crippen molar-refractivity contribution in [1.29, 1.82) is 0 Å². The van der Waals surface area contributed by atoms with Crippen LogP contribution in [0.2, 0.25) is 0 Å². The predicted octanol–water partition coefficient (Wildman–Crippen LogP) is -0.409. The number of carbonyl (C=O) groups excluding carboxylic acids is 1. The summed E-state index contributed by atoms with van der Waals surface area (Å²) in [5.41, 5.74) is 0. The summed E-state index contributed by atoms with van der Waals surface area (Å²) in [6.45, 7) is 2.84. The van der Waals surface area contributed by atoms with E-state index in [1.807, 2.05) is 0 Å². The molecule has 7 heteroatoms. The topological polar surface area (TPSA) is 98.9 Å². The molecule has 1 N–H and O–H groups in total. The Kier molecular flexibility index (Phi) is 5.80. The van der Waals surface area contributed by atoms with Crippen LogP contribution in [0.25, 0.3) is 0 Å². The number of methoxy groups -OCH3 is 1. The van der Waals surface area contributed by atoms with Crippen molar-refractivity contribution in [3.05, 3.63) is 10.1 Å². The van der Waals surface area contributed by atoms with Crippen LogP contribution in [0, 0.1) is 10.1 Å². The lowest BCUT2D eigenvalue weighted by atomic mass is 10.2. The average Bonchev–Trinajstić information content (AvgIpc) is 2.01. The molecule has 0 saturated carbocycles. The molecule has 15 heavy (non-hydrogen) atoms. The minimum Gasteiger partial charge on any atom is -0.458 e. The summed E-state index contributed by atoms with van der Waals surface area (Å²) < 4.78 is 9.17. The third kappa shape index (κ3) is 4.71. The molecule has 0 bridgehead atoms. The number of esters is 1. The number of aliphatic hydroxyl groups excluding tert-OH is 1. The summed E-state index contributed by atoms with van der Waals surface area (Å²) in [5, 5.41) is 19.8. The zero-order valence-corrected chi connectivity index (χ0v) is 8.87. The van der Waals surface area contributed by atoms with Gasteiger partial charge in [-0.3, -0.25) is 10.1 Å². The molecular weight excluding hydrogens is 206 g/mol. The number of carbonyl (C=O) groups is 1. The van der Waals surface area contributed by atoms with E-state index in [9.17, 15) is 20.0 Å². The molecule has 0 rings (SSSR count). The first kappa shape index (κ1) is 13.8. The second-order valence-corrected chi connectivity index (χ2v) is 3.24. The first-order chi connectivity index (χ1) is 6.90. The van der Waals surface area contributed by atoms with Crippen molar-refractivity contribution < 1.29 is 24.3 Å². The van der Waals surface area contributed by atoms with E-state index in [0.717, 1.165) is 0 Å². The van der Waals surface area contributed by atoms with E-state index in [4.69, 9.17) is 0 Å². The van der Waals surface area contributed by atoms with Crippen LogP contribution in [0.15, 0.2) is 0 Å². The van der Waals surface area contributed by atoms with E-state index >= 15 is 0 Å². The minimum absolute atomic E-state index is 0.293. The second kappa shape index (κ2) is 6.31. The number of hydrogen-bond acceptors (Lipinski definition) is 6. The van der Waals surface area contributed by atoms with Crippen molar-refractivity contribution >= 4 is 5.97 Å². The number of nitro groups is 1. The van der Waals surface area contributed by atoms with Crippen LogP contribution < -0.4 is 0 Å². The summed E-state index contributed by atoms with van der Waals surface area (Å²) in [6, 6.07) is -1.80. The maximum Gasteiger partial charge on any atom is 0.384 e. The lowest BCUT2D eigenvalue weighted by Gasteiger charge is -2.15. The highest BCUT2D eigenvalue weighted by atomic mass is 16.6. The lowest BCUT2D eigenvalue weighted by molar-refractivity contribution is -0.522. The van der Waals surface area contributed by atoms with Gasteiger partial charge in [-0.15, -0.1) is 0 Å². The maximum absolute atomic E-state index is 11.2. The molecule has 2 unspecified atom stereocenters. The van der Waals surface area contributed by atoms with E-state index in [1.54, 1.807) is 13.8 Å². The summed E-state index contributed by atoms with van der Waals surface area (Å²) in [4.78, 5) is 20.9. The summed E-state index contributed by atoms with van der Waals surface area (Å²) in [5.74, 6) is -1.06. The summed E-state index contributed by atoms with van der Waals surface area (Å²) in [7, 11) is 1.27. The first-order valence-electron chi connectivity index (χ1n) is 4.41. The van der Waals surface area contributed by atoms with Crippen molar-refractivity contribution in [3.63, 3.8) is 0 Å². The van der Waals surface area contributed by atoms with Crippen molar-refractivity contribution in [3.8, 4) is 0 Å². The number of rotatable bonds is 6. The molecular formula is C8H15NO6. The molecule has 0 fully saturated rings. The summed E-state index contributed by atoms with van der Waals surface area (Å²) >= 11 is 0. The third-order valence-corrected chi connectivity index (χ3v) is 1.52. The van der Waals surface area contributed by atoms with Gasteiger partial charge in [0.1, 0.15) is 0 Å². The standard InChI is InChI=1S/C8H15NO6/c1-5(2)15-8(11)7(9(12)13)6(10)4-14-3/h5-7,10H,4H2,1-3H3. The number of aliphatic hydroxyl groups is 1. The van der Waals surface area contributed by atoms with Crippen LogP contribution in [0.5, 0.6) is 0 Å². The number of nitrogens with zero attached hydrogens (tertiary/aromatic N) is 1. The highest BCUT2D eigenvalue weighted by Crippen LogP contribution is 2.04. The van der Waals surface area contributed by atoms with E-state index < -0.39 is 29.1 Å². The molecule has 0 aromatic rings. The SMILES string of the molecule is COCC(O)C(C(=O)OC(C)C)[N+](=O)[O-]. The van der Waals surface area contributed by atoms with Gasteiger partial charge < -0.3 is 14.6 Å². The molecule has 0 aromatic heterocycles. The zero-order valence-electron chi connectivity index (χ0n) is 8.87. The van der Waals surface area contributed by atoms with Gasteiger partial charge in [0.25, 0.3) is 0 Å². The molecule has 0 radical (unpaired) electrons. The van der Waals surface area contributed by atoms with Gasteiger partial charge in [0, 0.05) is 12.0 Å². The molecule has 0 aromatic carbocycles. The smallest absolute Gasteiger partial charge is 0.384 e. The molecule has 0 heterocycles. The van der Waals surface area contributed by atoms with Crippen LogP contribution in [0.1, 0.15) is 13.8 Å². The predicted molar refractivity (Wildman–Crippen MR) is 49.9 cm³/mol. The second-order valence-electron chi connectivity index (χ2n) is 3.24. The Morgan fingerprint density at radius 1 is 1.53 bits per heavy atom. The fourth-order valence-corrected chi connectivity index (χ4v) is 0.948. The Balaban J connectivity index is 4.51. The van der Waals surface area contributed by atoms with E-state index in [1.165, 1.54) is 7.11 Å². The highest BCUT2D eigenvalue weighted by Gasteiger charge is 2.39. The van der Waals surface area contributed by atoms with Gasteiger partial charge in [-0.1, -0.05) is 0 Å². The lowest BCUT2D eigenvalue weighted by Crippen LogP contribution is -2.44. The van der Waals surface area contributed by atoms with Crippen LogP contribution in [-0.4, -0.2) is 48.0 Å². The normalized spacial score (nSPS) is 14.7. The maximum atomic E-state index is 11.2. The van der Waals surface area contributed by atoms with Gasteiger partial charge in [0.2, 0.25) is 0 Å². The van der Waals surface area contributed by atoms with Gasteiger partial charge in [0.15, 0.2) is 6.10 Å². The molecule has 0 spiro atoms. The Labute approximate surface area is 87.1 Å². The fourth-order valence-electron chi connectivity index (χ4n) is 0.948. The molecule has 0 aliphatic carbocycles. The Bertz CT molecular complexity index is 229. The molecule has 0 amide bonds. The largest absolute Gasteiger partial charge is 0.458 e. The van der Waals surface area contributed by atoms with Gasteiger partial charge in [-0.25, -0.2) is 4.79 Å². The van der Waals surface area contributed by atoms with Crippen LogP contribution in [0.3, 0.4) is 0 Å². The minimum atomic E-state index is -1.80. The number of ether oxygens (including phenoxy) is 2. The molecule has 7 nitrogen and oxygen atoms in total. The summed E-state index contributed by atoms with van der Waals surface area (Å²) in [6.07, 6.45) is -1.97. The first-order valence-corrected chi connectivity index (χ1v) is 4.41. The van der Waals surface area contributed by atoms with Gasteiger partial charge in [-0.2, -0.15) is 0 Å². The third-order valence-electron chi connectivity index (χ3n) is 1.52. The van der Waals surface area contributed by atoms with Gasteiger partial charge in [-0.05, 0) is 13.8 Å². The highest BCUT2D eigenvalue weighted by molar-refractivity contribution is 5.75. The Morgan fingerprint density at radius 2 is 2.07 bits per heavy atom. The monoisotopic (exact) mass is 221 g/mol. The van der Waals surface area contributed by atoms with Crippen molar-refractivity contribution in [2.24, 2.45) is 0 Å². The van der Waals surface area contributed by atoms with E-state index in [0.29, 0.717) is 0 Å². The zero-order chi connectivity index (χ0) is 12.0. The molecule has 88 valence electrons. The van der Waals surface area contributed by atoms with Crippen LogP contribution in [0.4, 0.5) is 0 Å². The van der Waals surface area contributed by atoms with Crippen LogP contribution >= 0.6 is 0 Å². The van der Waals surface area contributed by atoms with E-state index in [-0.39, 0.29) is 6.61 Å². The van der Waals surface area contributed by atoms with Crippen LogP contribution in [-0.2, 0) is 14.3 Å². The molecule has 0 aliphatic heterocycles. The Morgan fingerprint density at radius 3 is 2.40 bits per heavy atom. The van der Waals surface area contributed by atoms with Crippen molar-refractivity contribution in [2.45, 2.75) is 32.1 Å². The molecule has 2 atom stereocenters. The van der Waals surface area contributed by atoms with Gasteiger partial charge >= 0.3 is 12.0 Å². The molecule has 0 saturated heterocycles.